The number of rotatable bonds is 8. The highest BCUT2D eigenvalue weighted by Gasteiger charge is 2.23. The van der Waals surface area contributed by atoms with Crippen LogP contribution in [0.15, 0.2) is 0 Å². The van der Waals surface area contributed by atoms with E-state index in [9.17, 15) is 4.79 Å². The van der Waals surface area contributed by atoms with E-state index in [0.29, 0.717) is 19.0 Å². The molecule has 1 N–H and O–H groups in total. The lowest BCUT2D eigenvalue weighted by Gasteiger charge is -2.20. The fourth-order valence-electron chi connectivity index (χ4n) is 1.66. The van der Waals surface area contributed by atoms with Crippen molar-refractivity contribution in [2.24, 2.45) is 5.92 Å². The SMILES string of the molecule is CCCOCc1nnnn1C(CC(=O)O)C(C)C. The van der Waals surface area contributed by atoms with Gasteiger partial charge < -0.3 is 9.84 Å². The molecule has 1 unspecified atom stereocenters. The molecular weight excluding hydrogens is 236 g/mol. The van der Waals surface area contributed by atoms with Gasteiger partial charge in [0.25, 0.3) is 0 Å². The Bertz CT molecular complexity index is 378. The molecule has 102 valence electrons. The number of hydrogen-bond acceptors (Lipinski definition) is 5. The van der Waals surface area contributed by atoms with Crippen LogP contribution in [0.1, 0.15) is 45.5 Å². The van der Waals surface area contributed by atoms with Crippen LogP contribution < -0.4 is 0 Å². The monoisotopic (exact) mass is 256 g/mol. The molecule has 0 aliphatic carbocycles. The van der Waals surface area contributed by atoms with Gasteiger partial charge in [-0.15, -0.1) is 5.10 Å². The minimum Gasteiger partial charge on any atom is -0.481 e. The zero-order valence-corrected chi connectivity index (χ0v) is 11.0. The fourth-order valence-corrected chi connectivity index (χ4v) is 1.66. The molecule has 0 radical (unpaired) electrons. The highest BCUT2D eigenvalue weighted by atomic mass is 16.5. The number of ether oxygens (including phenoxy) is 1. The van der Waals surface area contributed by atoms with Gasteiger partial charge in [-0.1, -0.05) is 20.8 Å². The van der Waals surface area contributed by atoms with E-state index in [1.54, 1.807) is 4.68 Å². The van der Waals surface area contributed by atoms with Crippen molar-refractivity contribution in [1.29, 1.82) is 0 Å². The standard InChI is InChI=1S/C11H20N4O3/c1-4-5-18-7-10-12-13-14-15(10)9(8(2)3)6-11(16)17/h8-9H,4-7H2,1-3H3,(H,16,17). The molecule has 0 saturated heterocycles. The molecule has 0 aliphatic heterocycles. The molecule has 18 heavy (non-hydrogen) atoms. The first-order chi connectivity index (χ1) is 8.56. The van der Waals surface area contributed by atoms with Crippen LogP contribution in [0.2, 0.25) is 0 Å². The Kier molecular flexibility index (Phi) is 5.70. The van der Waals surface area contributed by atoms with Gasteiger partial charge in [-0.05, 0) is 22.8 Å². The minimum absolute atomic E-state index is 0.00346. The van der Waals surface area contributed by atoms with Crippen molar-refractivity contribution in [3.05, 3.63) is 5.82 Å². The van der Waals surface area contributed by atoms with Crippen molar-refractivity contribution >= 4 is 5.97 Å². The lowest BCUT2D eigenvalue weighted by atomic mass is 10.0. The van der Waals surface area contributed by atoms with Gasteiger partial charge in [0.05, 0.1) is 12.5 Å². The molecule has 1 heterocycles. The number of tetrazole rings is 1. The Hall–Kier alpha value is -1.50. The summed E-state index contributed by atoms with van der Waals surface area (Å²) in [5.74, 6) is -0.150. The van der Waals surface area contributed by atoms with Crippen LogP contribution in [-0.2, 0) is 16.1 Å². The van der Waals surface area contributed by atoms with Crippen LogP contribution >= 0.6 is 0 Å². The van der Waals surface area contributed by atoms with E-state index in [4.69, 9.17) is 9.84 Å². The van der Waals surface area contributed by atoms with Gasteiger partial charge in [0.1, 0.15) is 6.61 Å². The van der Waals surface area contributed by atoms with E-state index in [-0.39, 0.29) is 18.4 Å². The zero-order valence-electron chi connectivity index (χ0n) is 11.0. The van der Waals surface area contributed by atoms with E-state index in [1.807, 2.05) is 20.8 Å². The summed E-state index contributed by atoms with van der Waals surface area (Å²) in [7, 11) is 0. The number of hydrogen-bond donors (Lipinski definition) is 1. The maximum atomic E-state index is 10.9. The Morgan fingerprint density at radius 1 is 1.50 bits per heavy atom. The Morgan fingerprint density at radius 2 is 2.22 bits per heavy atom. The molecule has 1 rings (SSSR count). The first-order valence-corrected chi connectivity index (χ1v) is 6.12. The third-order valence-corrected chi connectivity index (χ3v) is 2.61. The van der Waals surface area contributed by atoms with E-state index < -0.39 is 5.97 Å². The van der Waals surface area contributed by atoms with Gasteiger partial charge in [0.2, 0.25) is 0 Å². The molecule has 0 spiro atoms. The van der Waals surface area contributed by atoms with Crippen molar-refractivity contribution in [2.75, 3.05) is 6.61 Å². The summed E-state index contributed by atoms with van der Waals surface area (Å²) >= 11 is 0. The van der Waals surface area contributed by atoms with Crippen LogP contribution in [0.5, 0.6) is 0 Å². The minimum atomic E-state index is -0.857. The molecule has 0 fully saturated rings. The molecule has 0 amide bonds. The second kappa shape index (κ2) is 7.05. The van der Waals surface area contributed by atoms with E-state index in [0.717, 1.165) is 6.42 Å². The van der Waals surface area contributed by atoms with Crippen molar-refractivity contribution in [2.45, 2.75) is 46.3 Å². The summed E-state index contributed by atoms with van der Waals surface area (Å²) in [6, 6.07) is -0.252. The van der Waals surface area contributed by atoms with Crippen molar-refractivity contribution in [3.63, 3.8) is 0 Å². The quantitative estimate of drug-likeness (QED) is 0.704. The summed E-state index contributed by atoms with van der Waals surface area (Å²) in [4.78, 5) is 10.9. The summed E-state index contributed by atoms with van der Waals surface area (Å²) in [6.07, 6.45) is 0.924. The van der Waals surface area contributed by atoms with Crippen LogP contribution in [-0.4, -0.2) is 37.9 Å². The molecule has 0 aliphatic rings. The molecule has 1 aromatic rings. The molecular formula is C11H20N4O3. The molecule has 1 atom stereocenters. The van der Waals surface area contributed by atoms with Crippen molar-refractivity contribution < 1.29 is 14.6 Å². The van der Waals surface area contributed by atoms with Gasteiger partial charge in [-0.3, -0.25) is 4.79 Å². The van der Waals surface area contributed by atoms with Gasteiger partial charge in [0, 0.05) is 6.61 Å². The third kappa shape index (κ3) is 4.06. The highest BCUT2D eigenvalue weighted by molar-refractivity contribution is 5.67. The van der Waals surface area contributed by atoms with Gasteiger partial charge in [0.15, 0.2) is 5.82 Å². The molecule has 7 heteroatoms. The summed E-state index contributed by atoms with van der Waals surface area (Å²) < 4.78 is 6.96. The van der Waals surface area contributed by atoms with Crippen molar-refractivity contribution in [3.8, 4) is 0 Å². The predicted molar refractivity (Wildman–Crippen MR) is 63.9 cm³/mol. The number of nitrogens with zero attached hydrogens (tertiary/aromatic N) is 4. The summed E-state index contributed by atoms with van der Waals surface area (Å²) in [5, 5.41) is 20.3. The molecule has 0 saturated carbocycles. The number of aromatic nitrogens is 4. The molecule has 1 aromatic heterocycles. The van der Waals surface area contributed by atoms with Crippen LogP contribution in [0.4, 0.5) is 0 Å². The Labute approximate surface area is 106 Å². The Morgan fingerprint density at radius 3 is 2.78 bits per heavy atom. The van der Waals surface area contributed by atoms with Crippen molar-refractivity contribution in [1.82, 2.24) is 20.2 Å². The smallest absolute Gasteiger partial charge is 0.305 e. The Balaban J connectivity index is 2.78. The largest absolute Gasteiger partial charge is 0.481 e. The first-order valence-electron chi connectivity index (χ1n) is 6.12. The normalized spacial score (nSPS) is 12.9. The van der Waals surface area contributed by atoms with Crippen LogP contribution in [0, 0.1) is 5.92 Å². The van der Waals surface area contributed by atoms with Gasteiger partial charge in [-0.25, -0.2) is 4.68 Å². The van der Waals surface area contributed by atoms with Gasteiger partial charge >= 0.3 is 5.97 Å². The highest BCUT2D eigenvalue weighted by Crippen LogP contribution is 2.21. The molecule has 0 aromatic carbocycles. The topological polar surface area (TPSA) is 90.1 Å². The third-order valence-electron chi connectivity index (χ3n) is 2.61. The van der Waals surface area contributed by atoms with E-state index in [1.165, 1.54) is 0 Å². The van der Waals surface area contributed by atoms with Gasteiger partial charge in [-0.2, -0.15) is 0 Å². The number of carboxylic acids is 1. The summed E-state index contributed by atoms with van der Waals surface area (Å²) in [5.41, 5.74) is 0. The maximum Gasteiger partial charge on any atom is 0.305 e. The lowest BCUT2D eigenvalue weighted by molar-refractivity contribution is -0.138. The first kappa shape index (κ1) is 14.6. The number of aliphatic carboxylic acids is 1. The fraction of sp³-hybridized carbons (Fsp3) is 0.818. The van der Waals surface area contributed by atoms with Crippen LogP contribution in [0.25, 0.3) is 0 Å². The average molecular weight is 256 g/mol. The lowest BCUT2D eigenvalue weighted by Crippen LogP contribution is -2.22. The second-order valence-corrected chi connectivity index (χ2v) is 4.50. The maximum absolute atomic E-state index is 10.9. The van der Waals surface area contributed by atoms with Crippen LogP contribution in [0.3, 0.4) is 0 Å². The summed E-state index contributed by atoms with van der Waals surface area (Å²) in [6.45, 7) is 6.87. The van der Waals surface area contributed by atoms with E-state index in [2.05, 4.69) is 15.5 Å². The molecule has 7 nitrogen and oxygen atoms in total. The average Bonchev–Trinajstić information content (AvgIpc) is 2.74. The number of carbonyl (C=O) groups is 1. The second-order valence-electron chi connectivity index (χ2n) is 4.50. The zero-order chi connectivity index (χ0) is 13.5. The predicted octanol–water partition coefficient (Wildman–Crippen LogP) is 1.27. The molecule has 0 bridgehead atoms. The van der Waals surface area contributed by atoms with E-state index >= 15 is 0 Å². The number of carboxylic acid groups (broad SMARTS) is 1.